The van der Waals surface area contributed by atoms with E-state index in [-0.39, 0.29) is 13.0 Å². The lowest BCUT2D eigenvalue weighted by molar-refractivity contribution is -0.146. The van der Waals surface area contributed by atoms with Crippen LogP contribution in [0.25, 0.3) is 0 Å². The maximum Gasteiger partial charge on any atom is 0.327 e. The van der Waals surface area contributed by atoms with Gasteiger partial charge in [-0.25, -0.2) is 14.5 Å². The highest BCUT2D eigenvalue weighted by Crippen LogP contribution is 2.12. The number of hydrogen-bond donors (Lipinski definition) is 2. The quantitative estimate of drug-likeness (QED) is 0.747. The molecule has 3 amide bonds. The fourth-order valence-electron chi connectivity index (χ4n) is 1.88. The van der Waals surface area contributed by atoms with Gasteiger partial charge in [0.2, 0.25) is 0 Å². The number of aliphatic carboxylic acids is 1. The first kappa shape index (κ1) is 12.1. The van der Waals surface area contributed by atoms with E-state index >= 15 is 0 Å². The molecule has 1 atom stereocenters. The summed E-state index contributed by atoms with van der Waals surface area (Å²) in [6.45, 7) is -0.141. The molecule has 6 heteroatoms. The van der Waals surface area contributed by atoms with Gasteiger partial charge >= 0.3 is 12.0 Å². The number of nitrogens with zero attached hydrogens (tertiary/aromatic N) is 1. The highest BCUT2D eigenvalue weighted by atomic mass is 16.4. The van der Waals surface area contributed by atoms with E-state index in [2.05, 4.69) is 5.32 Å². The van der Waals surface area contributed by atoms with Gasteiger partial charge in [0.1, 0.15) is 6.04 Å². The minimum absolute atomic E-state index is 0.106. The number of hydrogen-bond acceptors (Lipinski definition) is 3. The van der Waals surface area contributed by atoms with E-state index in [0.29, 0.717) is 0 Å². The topological polar surface area (TPSA) is 86.7 Å². The first-order valence-corrected chi connectivity index (χ1v) is 5.46. The standard InChI is InChI=1S/C12H12N2O4/c15-10-7-13-12(18)14(10)9(11(16)17)6-8-4-2-1-3-5-8/h1-5,9H,6-7H2,(H,13,18)(H,16,17)/t9-/m1/s1. The van der Waals surface area contributed by atoms with Crippen LogP contribution in [0, 0.1) is 0 Å². The number of amides is 3. The molecular formula is C12H12N2O4. The Morgan fingerprint density at radius 2 is 2.00 bits per heavy atom. The lowest BCUT2D eigenvalue weighted by Crippen LogP contribution is -2.46. The predicted molar refractivity (Wildman–Crippen MR) is 61.8 cm³/mol. The molecule has 0 aliphatic carbocycles. The van der Waals surface area contributed by atoms with Crippen LogP contribution < -0.4 is 5.32 Å². The second kappa shape index (κ2) is 4.87. The molecular weight excluding hydrogens is 236 g/mol. The van der Waals surface area contributed by atoms with Crippen molar-refractivity contribution in [2.24, 2.45) is 0 Å². The fraction of sp³-hybridized carbons (Fsp3) is 0.250. The number of benzene rings is 1. The molecule has 1 aliphatic heterocycles. The molecule has 0 unspecified atom stereocenters. The Kier molecular flexibility index (Phi) is 3.27. The summed E-state index contributed by atoms with van der Waals surface area (Å²) in [7, 11) is 0. The second-order valence-corrected chi connectivity index (χ2v) is 3.97. The van der Waals surface area contributed by atoms with Gasteiger partial charge < -0.3 is 10.4 Å². The molecule has 1 aromatic rings. The summed E-state index contributed by atoms with van der Waals surface area (Å²) in [4.78, 5) is 34.9. The van der Waals surface area contributed by atoms with E-state index in [4.69, 9.17) is 5.11 Å². The smallest absolute Gasteiger partial charge is 0.327 e. The Bertz CT molecular complexity index is 470. The molecule has 1 aliphatic rings. The molecule has 2 N–H and O–H groups in total. The predicted octanol–water partition coefficient (Wildman–Crippen LogP) is 0.234. The van der Waals surface area contributed by atoms with E-state index < -0.39 is 23.9 Å². The third kappa shape index (κ3) is 2.32. The van der Waals surface area contributed by atoms with E-state index in [1.54, 1.807) is 24.3 Å². The summed E-state index contributed by atoms with van der Waals surface area (Å²) in [6.07, 6.45) is 0.106. The zero-order valence-corrected chi connectivity index (χ0v) is 9.50. The number of carboxylic acid groups (broad SMARTS) is 1. The van der Waals surface area contributed by atoms with Gasteiger partial charge in [-0.1, -0.05) is 30.3 Å². The van der Waals surface area contributed by atoms with Gasteiger partial charge in [0, 0.05) is 6.42 Å². The third-order valence-electron chi connectivity index (χ3n) is 2.75. The van der Waals surface area contributed by atoms with Gasteiger partial charge in [-0.15, -0.1) is 0 Å². The number of nitrogens with one attached hydrogen (secondary N) is 1. The highest BCUT2D eigenvalue weighted by Gasteiger charge is 2.38. The second-order valence-electron chi connectivity index (χ2n) is 3.97. The monoisotopic (exact) mass is 248 g/mol. The zero-order valence-electron chi connectivity index (χ0n) is 9.50. The largest absolute Gasteiger partial charge is 0.480 e. The van der Waals surface area contributed by atoms with Crippen molar-refractivity contribution < 1.29 is 19.5 Å². The molecule has 0 aromatic heterocycles. The van der Waals surface area contributed by atoms with Crippen LogP contribution in [0.15, 0.2) is 30.3 Å². The first-order chi connectivity index (χ1) is 8.59. The minimum Gasteiger partial charge on any atom is -0.480 e. The van der Waals surface area contributed by atoms with Crippen LogP contribution in [-0.4, -0.2) is 40.5 Å². The molecule has 0 spiro atoms. The molecule has 1 aromatic carbocycles. The number of urea groups is 1. The summed E-state index contributed by atoms with van der Waals surface area (Å²) in [5, 5.41) is 11.5. The van der Waals surface area contributed by atoms with E-state index in [1.807, 2.05) is 6.07 Å². The molecule has 0 bridgehead atoms. The average molecular weight is 248 g/mol. The lowest BCUT2D eigenvalue weighted by Gasteiger charge is -2.21. The van der Waals surface area contributed by atoms with Crippen molar-refractivity contribution in [3.8, 4) is 0 Å². The first-order valence-electron chi connectivity index (χ1n) is 5.46. The number of carbonyl (C=O) groups excluding carboxylic acids is 2. The number of rotatable bonds is 4. The Hall–Kier alpha value is -2.37. The molecule has 2 rings (SSSR count). The normalized spacial score (nSPS) is 16.6. The molecule has 0 saturated carbocycles. The Balaban J connectivity index is 2.21. The van der Waals surface area contributed by atoms with Crippen molar-refractivity contribution in [2.45, 2.75) is 12.5 Å². The summed E-state index contributed by atoms with van der Waals surface area (Å²) in [5.41, 5.74) is 0.761. The maximum absolute atomic E-state index is 11.5. The van der Waals surface area contributed by atoms with Crippen molar-refractivity contribution in [2.75, 3.05) is 6.54 Å². The van der Waals surface area contributed by atoms with Crippen molar-refractivity contribution in [3.05, 3.63) is 35.9 Å². The fourth-order valence-corrected chi connectivity index (χ4v) is 1.88. The highest BCUT2D eigenvalue weighted by molar-refractivity contribution is 6.04. The number of carboxylic acids is 1. The van der Waals surface area contributed by atoms with Gasteiger partial charge in [-0.05, 0) is 5.56 Å². The summed E-state index contributed by atoms with van der Waals surface area (Å²) < 4.78 is 0. The average Bonchev–Trinajstić information content (AvgIpc) is 2.67. The van der Waals surface area contributed by atoms with Crippen LogP contribution in [0.4, 0.5) is 4.79 Å². The van der Waals surface area contributed by atoms with Crippen LogP contribution in [0.5, 0.6) is 0 Å². The van der Waals surface area contributed by atoms with E-state index in [9.17, 15) is 14.4 Å². The number of imide groups is 1. The van der Waals surface area contributed by atoms with Crippen LogP contribution in [-0.2, 0) is 16.0 Å². The molecule has 6 nitrogen and oxygen atoms in total. The van der Waals surface area contributed by atoms with Crippen LogP contribution in [0.1, 0.15) is 5.56 Å². The Morgan fingerprint density at radius 3 is 2.50 bits per heavy atom. The molecule has 1 heterocycles. The van der Waals surface area contributed by atoms with Gasteiger partial charge in [-0.3, -0.25) is 4.79 Å². The third-order valence-corrected chi connectivity index (χ3v) is 2.75. The zero-order chi connectivity index (χ0) is 13.1. The van der Waals surface area contributed by atoms with Crippen LogP contribution in [0.2, 0.25) is 0 Å². The molecule has 1 fully saturated rings. The van der Waals surface area contributed by atoms with Crippen molar-refractivity contribution in [1.82, 2.24) is 10.2 Å². The minimum atomic E-state index is -1.19. The Labute approximate surface area is 103 Å². The number of carbonyl (C=O) groups is 3. The summed E-state index contributed by atoms with van der Waals surface area (Å²) in [5.74, 6) is -1.70. The van der Waals surface area contributed by atoms with Crippen LogP contribution in [0.3, 0.4) is 0 Å². The van der Waals surface area contributed by atoms with Crippen molar-refractivity contribution in [3.63, 3.8) is 0 Å². The van der Waals surface area contributed by atoms with Crippen LogP contribution >= 0.6 is 0 Å². The SMILES string of the molecule is O=C(O)[C@@H](Cc1ccccc1)N1C(=O)CNC1=O. The van der Waals surface area contributed by atoms with Gasteiger partial charge in [-0.2, -0.15) is 0 Å². The van der Waals surface area contributed by atoms with Gasteiger partial charge in [0.25, 0.3) is 5.91 Å². The van der Waals surface area contributed by atoms with Gasteiger partial charge in [0.15, 0.2) is 0 Å². The van der Waals surface area contributed by atoms with E-state index in [0.717, 1.165) is 10.5 Å². The lowest BCUT2D eigenvalue weighted by atomic mass is 10.1. The molecule has 94 valence electrons. The molecule has 1 saturated heterocycles. The molecule has 18 heavy (non-hydrogen) atoms. The summed E-state index contributed by atoms with van der Waals surface area (Å²) >= 11 is 0. The van der Waals surface area contributed by atoms with E-state index in [1.165, 1.54) is 0 Å². The van der Waals surface area contributed by atoms with Gasteiger partial charge in [0.05, 0.1) is 6.54 Å². The molecule has 0 radical (unpaired) electrons. The van der Waals surface area contributed by atoms with Crippen molar-refractivity contribution >= 4 is 17.9 Å². The maximum atomic E-state index is 11.5. The Morgan fingerprint density at radius 1 is 1.33 bits per heavy atom. The summed E-state index contributed by atoms with van der Waals surface area (Å²) in [6, 6.07) is 7.07. The van der Waals surface area contributed by atoms with Crippen molar-refractivity contribution in [1.29, 1.82) is 0 Å².